The number of hydrogen-bond donors (Lipinski definition) is 1. The van der Waals surface area contributed by atoms with Crippen molar-refractivity contribution in [2.75, 3.05) is 55.8 Å². The molecule has 0 aromatic heterocycles. The number of piperazine rings is 1. The highest BCUT2D eigenvalue weighted by molar-refractivity contribution is 7.88. The molecule has 1 atom stereocenters. The minimum Gasteiger partial charge on any atom is -0.377 e. The largest absolute Gasteiger partial charge is 0.377 e. The lowest BCUT2D eigenvalue weighted by atomic mass is 10.2. The summed E-state index contributed by atoms with van der Waals surface area (Å²) < 4.78 is 30.3. The quantitative estimate of drug-likeness (QED) is 0.581. The lowest BCUT2D eigenvalue weighted by Crippen LogP contribution is -2.48. The molecule has 1 aromatic carbocycles. The van der Waals surface area contributed by atoms with E-state index in [2.05, 4.69) is 5.32 Å². The molecule has 9 nitrogen and oxygen atoms in total. The topological polar surface area (TPSA) is 105 Å². The molecule has 0 bridgehead atoms. The van der Waals surface area contributed by atoms with E-state index in [9.17, 15) is 18.5 Å². The SMILES string of the molecule is CS(=O)(=O)N1CCN(c2ccc([N+](=O)[O-])c(NC[C@H]3CCCO3)c2)CC1. The Bertz CT molecular complexity index is 756. The van der Waals surface area contributed by atoms with Crippen molar-refractivity contribution in [3.63, 3.8) is 0 Å². The predicted octanol–water partition coefficient (Wildman–Crippen LogP) is 1.27. The maximum atomic E-state index is 11.6. The molecule has 0 saturated carbocycles. The van der Waals surface area contributed by atoms with Crippen molar-refractivity contribution in [1.82, 2.24) is 4.31 Å². The van der Waals surface area contributed by atoms with Gasteiger partial charge in [0.05, 0.1) is 17.3 Å². The van der Waals surface area contributed by atoms with E-state index in [-0.39, 0.29) is 11.8 Å². The minimum atomic E-state index is -3.18. The highest BCUT2D eigenvalue weighted by atomic mass is 32.2. The van der Waals surface area contributed by atoms with Gasteiger partial charge in [0.25, 0.3) is 5.69 Å². The van der Waals surface area contributed by atoms with Gasteiger partial charge in [0.1, 0.15) is 5.69 Å². The summed E-state index contributed by atoms with van der Waals surface area (Å²) in [6.07, 6.45) is 3.26. The molecule has 3 rings (SSSR count). The smallest absolute Gasteiger partial charge is 0.292 e. The van der Waals surface area contributed by atoms with Crippen molar-refractivity contribution in [3.8, 4) is 0 Å². The van der Waals surface area contributed by atoms with Gasteiger partial charge in [-0.25, -0.2) is 8.42 Å². The van der Waals surface area contributed by atoms with E-state index in [0.717, 1.165) is 25.1 Å². The fraction of sp³-hybridized carbons (Fsp3) is 0.625. The van der Waals surface area contributed by atoms with Gasteiger partial charge < -0.3 is 15.0 Å². The monoisotopic (exact) mass is 384 g/mol. The fourth-order valence-corrected chi connectivity index (χ4v) is 4.16. The number of anilines is 2. The number of benzene rings is 1. The Balaban J connectivity index is 1.71. The van der Waals surface area contributed by atoms with Crippen LogP contribution in [0.15, 0.2) is 18.2 Å². The normalized spacial score (nSPS) is 21.7. The summed E-state index contributed by atoms with van der Waals surface area (Å²) in [5.74, 6) is 0. The molecule has 1 N–H and O–H groups in total. The van der Waals surface area contributed by atoms with Gasteiger partial charge >= 0.3 is 0 Å². The molecule has 0 amide bonds. The van der Waals surface area contributed by atoms with E-state index in [1.165, 1.54) is 16.6 Å². The van der Waals surface area contributed by atoms with Crippen LogP contribution in [0.1, 0.15) is 12.8 Å². The standard InChI is InChI=1S/C16H24N4O5S/c1-26(23,24)19-8-6-18(7-9-19)13-4-5-16(20(21)22)15(11-13)17-12-14-3-2-10-25-14/h4-5,11,14,17H,2-3,6-10,12H2,1H3/t14-/m1/s1. The van der Waals surface area contributed by atoms with E-state index in [1.54, 1.807) is 12.1 Å². The van der Waals surface area contributed by atoms with Gasteiger partial charge in [0.15, 0.2) is 0 Å². The Kier molecular flexibility index (Phi) is 5.64. The first-order valence-electron chi connectivity index (χ1n) is 8.68. The lowest BCUT2D eigenvalue weighted by Gasteiger charge is -2.34. The van der Waals surface area contributed by atoms with Gasteiger partial charge in [-0.15, -0.1) is 0 Å². The molecule has 2 saturated heterocycles. The second-order valence-electron chi connectivity index (χ2n) is 6.62. The molecule has 26 heavy (non-hydrogen) atoms. The number of nitrogens with zero attached hydrogens (tertiary/aromatic N) is 3. The highest BCUT2D eigenvalue weighted by Gasteiger charge is 2.25. The first-order valence-corrected chi connectivity index (χ1v) is 10.5. The minimum absolute atomic E-state index is 0.0292. The molecule has 0 unspecified atom stereocenters. The maximum Gasteiger partial charge on any atom is 0.292 e. The van der Waals surface area contributed by atoms with Crippen LogP contribution in [0, 0.1) is 10.1 Å². The van der Waals surface area contributed by atoms with E-state index < -0.39 is 14.9 Å². The molecule has 2 aliphatic rings. The number of rotatable bonds is 6. The zero-order chi connectivity index (χ0) is 18.7. The third-order valence-corrected chi connectivity index (χ3v) is 6.10. The third kappa shape index (κ3) is 4.43. The summed E-state index contributed by atoms with van der Waals surface area (Å²) in [4.78, 5) is 13.0. The number of nitrogens with one attached hydrogen (secondary N) is 1. The lowest BCUT2D eigenvalue weighted by molar-refractivity contribution is -0.383. The van der Waals surface area contributed by atoms with Crippen molar-refractivity contribution in [1.29, 1.82) is 0 Å². The van der Waals surface area contributed by atoms with Gasteiger partial charge in [-0.05, 0) is 25.0 Å². The van der Waals surface area contributed by atoms with Crippen molar-refractivity contribution in [3.05, 3.63) is 28.3 Å². The van der Waals surface area contributed by atoms with Crippen molar-refractivity contribution >= 4 is 27.1 Å². The fourth-order valence-electron chi connectivity index (χ4n) is 3.33. The van der Waals surface area contributed by atoms with E-state index in [4.69, 9.17) is 4.74 Å². The molecular weight excluding hydrogens is 360 g/mol. The van der Waals surface area contributed by atoms with Crippen LogP contribution in [0.2, 0.25) is 0 Å². The van der Waals surface area contributed by atoms with Gasteiger partial charge in [-0.1, -0.05) is 0 Å². The van der Waals surface area contributed by atoms with Crippen LogP contribution in [-0.4, -0.2) is 69.3 Å². The number of ether oxygens (including phenoxy) is 1. The summed E-state index contributed by atoms with van der Waals surface area (Å²) in [6, 6.07) is 4.98. The Morgan fingerprint density at radius 3 is 2.62 bits per heavy atom. The molecule has 0 spiro atoms. The third-order valence-electron chi connectivity index (χ3n) is 4.79. The predicted molar refractivity (Wildman–Crippen MR) is 99.2 cm³/mol. The second kappa shape index (κ2) is 7.77. The van der Waals surface area contributed by atoms with Crippen LogP contribution in [-0.2, 0) is 14.8 Å². The Morgan fingerprint density at radius 1 is 1.31 bits per heavy atom. The second-order valence-corrected chi connectivity index (χ2v) is 8.61. The molecule has 2 fully saturated rings. The van der Waals surface area contributed by atoms with E-state index in [1.807, 2.05) is 4.90 Å². The van der Waals surface area contributed by atoms with E-state index >= 15 is 0 Å². The number of hydrogen-bond acceptors (Lipinski definition) is 7. The van der Waals surface area contributed by atoms with Crippen molar-refractivity contribution in [2.24, 2.45) is 0 Å². The van der Waals surface area contributed by atoms with Gasteiger partial charge in [-0.3, -0.25) is 10.1 Å². The Hall–Kier alpha value is -1.91. The number of sulfonamides is 1. The van der Waals surface area contributed by atoms with Crippen LogP contribution >= 0.6 is 0 Å². The number of nitro benzene ring substituents is 1. The molecule has 10 heteroatoms. The molecule has 0 radical (unpaired) electrons. The number of nitro groups is 1. The van der Waals surface area contributed by atoms with Crippen LogP contribution in [0.4, 0.5) is 17.1 Å². The summed E-state index contributed by atoms with van der Waals surface area (Å²) in [7, 11) is -3.18. The zero-order valence-electron chi connectivity index (χ0n) is 14.8. The summed E-state index contributed by atoms with van der Waals surface area (Å²) in [5.41, 5.74) is 1.34. The molecule has 2 heterocycles. The summed E-state index contributed by atoms with van der Waals surface area (Å²) >= 11 is 0. The molecule has 0 aliphatic carbocycles. The average molecular weight is 384 g/mol. The molecule has 144 valence electrons. The summed E-state index contributed by atoms with van der Waals surface area (Å²) in [5, 5.41) is 14.5. The van der Waals surface area contributed by atoms with Crippen molar-refractivity contribution in [2.45, 2.75) is 18.9 Å². The van der Waals surface area contributed by atoms with Gasteiger partial charge in [0.2, 0.25) is 10.0 Å². The summed E-state index contributed by atoms with van der Waals surface area (Å²) in [6.45, 7) is 3.19. The van der Waals surface area contributed by atoms with Crippen molar-refractivity contribution < 1.29 is 18.1 Å². The zero-order valence-corrected chi connectivity index (χ0v) is 15.6. The highest BCUT2D eigenvalue weighted by Crippen LogP contribution is 2.30. The molecular formula is C16H24N4O5S. The first-order chi connectivity index (χ1) is 12.3. The Morgan fingerprint density at radius 2 is 2.04 bits per heavy atom. The van der Waals surface area contributed by atoms with Crippen LogP contribution in [0.25, 0.3) is 0 Å². The van der Waals surface area contributed by atoms with Crippen LogP contribution in [0.5, 0.6) is 0 Å². The van der Waals surface area contributed by atoms with E-state index in [0.29, 0.717) is 38.4 Å². The Labute approximate surface area is 153 Å². The van der Waals surface area contributed by atoms with Crippen LogP contribution < -0.4 is 10.2 Å². The van der Waals surface area contributed by atoms with Crippen LogP contribution in [0.3, 0.4) is 0 Å². The molecule has 1 aromatic rings. The van der Waals surface area contributed by atoms with Gasteiger partial charge in [-0.2, -0.15) is 4.31 Å². The maximum absolute atomic E-state index is 11.6. The average Bonchev–Trinajstić information content (AvgIpc) is 3.12. The first kappa shape index (κ1) is 18.9. The molecule has 2 aliphatic heterocycles. The van der Waals surface area contributed by atoms with Gasteiger partial charge in [0, 0.05) is 51.1 Å².